The standard InChI is InChI=1S/C17H21N3O3S/c1-3-19-13-17(12-18-19)24(21,22)20-10-8-15(9-11-20)14-4-6-16(23-2)7-5-14/h4-8,12-13H,3,9-11H2,1-2H3. The Morgan fingerprint density at radius 3 is 2.54 bits per heavy atom. The molecule has 1 aliphatic heterocycles. The van der Waals surface area contributed by atoms with Gasteiger partial charge in [-0.3, -0.25) is 4.68 Å². The minimum atomic E-state index is -3.48. The predicted octanol–water partition coefficient (Wildman–Crippen LogP) is 2.39. The third-order valence-electron chi connectivity index (χ3n) is 4.20. The summed E-state index contributed by atoms with van der Waals surface area (Å²) in [6, 6.07) is 7.83. The number of methoxy groups -OCH3 is 1. The first kappa shape index (κ1) is 16.7. The van der Waals surface area contributed by atoms with Crippen molar-refractivity contribution >= 4 is 15.6 Å². The first-order valence-electron chi connectivity index (χ1n) is 7.90. The summed E-state index contributed by atoms with van der Waals surface area (Å²) in [6.45, 7) is 3.42. The molecule has 0 saturated carbocycles. The Balaban J connectivity index is 1.76. The molecule has 3 rings (SSSR count). The van der Waals surface area contributed by atoms with Crippen LogP contribution in [0.2, 0.25) is 0 Å². The molecule has 7 heteroatoms. The largest absolute Gasteiger partial charge is 0.497 e. The van der Waals surface area contributed by atoms with Crippen LogP contribution < -0.4 is 4.74 Å². The van der Waals surface area contributed by atoms with E-state index in [4.69, 9.17) is 4.74 Å². The van der Waals surface area contributed by atoms with E-state index in [0.717, 1.165) is 16.9 Å². The van der Waals surface area contributed by atoms with Gasteiger partial charge in [0.25, 0.3) is 0 Å². The van der Waals surface area contributed by atoms with Gasteiger partial charge in [0.1, 0.15) is 10.6 Å². The van der Waals surface area contributed by atoms with Crippen molar-refractivity contribution in [2.45, 2.75) is 24.8 Å². The SMILES string of the molecule is CCn1cc(S(=O)(=O)N2CC=C(c3ccc(OC)cc3)CC2)cn1. The van der Waals surface area contributed by atoms with Crippen LogP contribution in [0, 0.1) is 0 Å². The van der Waals surface area contributed by atoms with E-state index in [2.05, 4.69) is 5.10 Å². The molecule has 0 saturated heterocycles. The zero-order valence-electron chi connectivity index (χ0n) is 13.8. The number of benzene rings is 1. The molecule has 0 amide bonds. The van der Waals surface area contributed by atoms with E-state index in [1.807, 2.05) is 37.3 Å². The number of rotatable bonds is 5. The summed E-state index contributed by atoms with van der Waals surface area (Å²) in [4.78, 5) is 0.255. The Hall–Kier alpha value is -2.12. The van der Waals surface area contributed by atoms with E-state index in [-0.39, 0.29) is 4.90 Å². The summed E-state index contributed by atoms with van der Waals surface area (Å²) in [5.74, 6) is 0.812. The predicted molar refractivity (Wildman–Crippen MR) is 92.2 cm³/mol. The lowest BCUT2D eigenvalue weighted by Gasteiger charge is -2.25. The van der Waals surface area contributed by atoms with E-state index >= 15 is 0 Å². The van der Waals surface area contributed by atoms with Crippen molar-refractivity contribution in [3.05, 3.63) is 48.3 Å². The molecule has 0 fully saturated rings. The normalized spacial score (nSPS) is 16.0. The Kier molecular flexibility index (Phi) is 4.73. The van der Waals surface area contributed by atoms with Crippen molar-refractivity contribution in [3.63, 3.8) is 0 Å². The molecule has 6 nitrogen and oxygen atoms in total. The van der Waals surface area contributed by atoms with Crippen LogP contribution in [0.4, 0.5) is 0 Å². The molecule has 0 radical (unpaired) electrons. The van der Waals surface area contributed by atoms with Crippen LogP contribution >= 0.6 is 0 Å². The van der Waals surface area contributed by atoms with E-state index in [0.29, 0.717) is 26.1 Å². The number of hydrogen-bond donors (Lipinski definition) is 0. The van der Waals surface area contributed by atoms with Crippen LogP contribution in [-0.4, -0.2) is 42.7 Å². The van der Waals surface area contributed by atoms with Gasteiger partial charge in [-0.15, -0.1) is 0 Å². The fraction of sp³-hybridized carbons (Fsp3) is 0.353. The van der Waals surface area contributed by atoms with Gasteiger partial charge in [0.2, 0.25) is 10.0 Å². The minimum Gasteiger partial charge on any atom is -0.497 e. The summed E-state index contributed by atoms with van der Waals surface area (Å²) in [5, 5.41) is 4.06. The van der Waals surface area contributed by atoms with Gasteiger partial charge >= 0.3 is 0 Å². The molecule has 128 valence electrons. The van der Waals surface area contributed by atoms with Crippen LogP contribution in [0.5, 0.6) is 5.75 Å². The van der Waals surface area contributed by atoms with Crippen molar-refractivity contribution in [2.75, 3.05) is 20.2 Å². The lowest BCUT2D eigenvalue weighted by atomic mass is 10.0. The average Bonchev–Trinajstić information content (AvgIpc) is 3.12. The minimum absolute atomic E-state index is 0.255. The maximum absolute atomic E-state index is 12.7. The number of sulfonamides is 1. The second-order valence-electron chi connectivity index (χ2n) is 5.60. The first-order chi connectivity index (χ1) is 11.5. The molecule has 2 heterocycles. The molecular formula is C17H21N3O3S. The van der Waals surface area contributed by atoms with Crippen LogP contribution in [0.3, 0.4) is 0 Å². The van der Waals surface area contributed by atoms with Gasteiger partial charge in [0.15, 0.2) is 0 Å². The number of nitrogens with zero attached hydrogens (tertiary/aromatic N) is 3. The highest BCUT2D eigenvalue weighted by Crippen LogP contribution is 2.27. The van der Waals surface area contributed by atoms with E-state index in [1.54, 1.807) is 18.0 Å². The smallest absolute Gasteiger partial charge is 0.246 e. The Morgan fingerprint density at radius 2 is 2.00 bits per heavy atom. The van der Waals surface area contributed by atoms with Crippen molar-refractivity contribution in [3.8, 4) is 5.75 Å². The van der Waals surface area contributed by atoms with Gasteiger partial charge in [0.05, 0.1) is 13.3 Å². The fourth-order valence-electron chi connectivity index (χ4n) is 2.74. The molecule has 0 bridgehead atoms. The van der Waals surface area contributed by atoms with Crippen LogP contribution in [-0.2, 0) is 16.6 Å². The van der Waals surface area contributed by atoms with Crippen molar-refractivity contribution in [1.29, 1.82) is 0 Å². The highest BCUT2D eigenvalue weighted by molar-refractivity contribution is 7.89. The maximum atomic E-state index is 12.7. The Bertz CT molecular complexity index is 838. The molecule has 24 heavy (non-hydrogen) atoms. The second-order valence-corrected chi connectivity index (χ2v) is 7.54. The van der Waals surface area contributed by atoms with Gasteiger partial charge < -0.3 is 4.74 Å². The maximum Gasteiger partial charge on any atom is 0.246 e. The number of hydrogen-bond acceptors (Lipinski definition) is 4. The van der Waals surface area contributed by atoms with Crippen molar-refractivity contribution in [2.24, 2.45) is 0 Å². The monoisotopic (exact) mass is 347 g/mol. The van der Waals surface area contributed by atoms with E-state index in [1.165, 1.54) is 10.5 Å². The van der Waals surface area contributed by atoms with Crippen LogP contribution in [0.1, 0.15) is 18.9 Å². The van der Waals surface area contributed by atoms with Gasteiger partial charge in [-0.05, 0) is 36.6 Å². The molecule has 1 aromatic carbocycles. The summed E-state index contributed by atoms with van der Waals surface area (Å²) in [7, 11) is -1.84. The number of aromatic nitrogens is 2. The van der Waals surface area contributed by atoms with Crippen LogP contribution in [0.15, 0.2) is 47.6 Å². The van der Waals surface area contributed by atoms with E-state index < -0.39 is 10.0 Å². The quantitative estimate of drug-likeness (QED) is 0.833. The highest BCUT2D eigenvalue weighted by Gasteiger charge is 2.27. The lowest BCUT2D eigenvalue weighted by molar-refractivity contribution is 0.414. The van der Waals surface area contributed by atoms with Gasteiger partial charge in [-0.1, -0.05) is 18.2 Å². The number of ether oxygens (including phenoxy) is 1. The fourth-order valence-corrected chi connectivity index (χ4v) is 4.07. The summed E-state index contributed by atoms with van der Waals surface area (Å²) >= 11 is 0. The molecule has 0 N–H and O–H groups in total. The molecule has 0 spiro atoms. The summed E-state index contributed by atoms with van der Waals surface area (Å²) in [6.07, 6.45) is 5.67. The zero-order valence-corrected chi connectivity index (χ0v) is 14.7. The molecule has 2 aromatic rings. The zero-order chi connectivity index (χ0) is 17.2. The topological polar surface area (TPSA) is 64.4 Å². The summed E-state index contributed by atoms with van der Waals surface area (Å²) in [5.41, 5.74) is 2.26. The number of aryl methyl sites for hydroxylation is 1. The van der Waals surface area contributed by atoms with Gasteiger partial charge in [0, 0.05) is 25.8 Å². The lowest BCUT2D eigenvalue weighted by Crippen LogP contribution is -2.34. The molecule has 0 unspecified atom stereocenters. The molecular weight excluding hydrogens is 326 g/mol. The highest BCUT2D eigenvalue weighted by atomic mass is 32.2. The molecule has 1 aliphatic rings. The first-order valence-corrected chi connectivity index (χ1v) is 9.34. The second kappa shape index (κ2) is 6.78. The van der Waals surface area contributed by atoms with E-state index in [9.17, 15) is 8.42 Å². The average molecular weight is 347 g/mol. The third-order valence-corrected chi connectivity index (χ3v) is 6.02. The van der Waals surface area contributed by atoms with Crippen molar-refractivity contribution in [1.82, 2.24) is 14.1 Å². The Labute approximate surface area is 142 Å². The third kappa shape index (κ3) is 3.22. The molecule has 0 atom stereocenters. The van der Waals surface area contributed by atoms with Gasteiger partial charge in [-0.2, -0.15) is 9.40 Å². The molecule has 1 aromatic heterocycles. The van der Waals surface area contributed by atoms with Gasteiger partial charge in [-0.25, -0.2) is 8.42 Å². The van der Waals surface area contributed by atoms with Crippen LogP contribution in [0.25, 0.3) is 5.57 Å². The summed E-state index contributed by atoms with van der Waals surface area (Å²) < 4.78 is 33.6. The Morgan fingerprint density at radius 1 is 1.25 bits per heavy atom. The molecule has 0 aliphatic carbocycles. The van der Waals surface area contributed by atoms with Crippen molar-refractivity contribution < 1.29 is 13.2 Å².